The third-order valence-corrected chi connectivity index (χ3v) is 3.55. The molecule has 2 atom stereocenters. The Labute approximate surface area is 97.1 Å². The molecule has 2 rings (SSSR count). The molecule has 1 aliphatic carbocycles. The van der Waals surface area contributed by atoms with Crippen LogP contribution in [-0.4, -0.2) is 35.7 Å². The molecule has 0 spiro atoms. The molecule has 2 fully saturated rings. The first-order valence-corrected chi connectivity index (χ1v) is 6.10. The van der Waals surface area contributed by atoms with Gasteiger partial charge in [0.05, 0.1) is 0 Å². The van der Waals surface area contributed by atoms with Crippen molar-refractivity contribution in [2.45, 2.75) is 45.3 Å². The standard InChI is InChI=1S/C12H22N2O2/c1-12(2,3)16-11(15)14-6-8(7-14)9-4-5-10(9)13/h8-10H,4-7,13H2,1-3H3. The fourth-order valence-corrected chi connectivity index (χ4v) is 2.40. The summed E-state index contributed by atoms with van der Waals surface area (Å²) in [6.07, 6.45) is 2.19. The minimum Gasteiger partial charge on any atom is -0.444 e. The first kappa shape index (κ1) is 11.7. The van der Waals surface area contributed by atoms with Gasteiger partial charge in [0.2, 0.25) is 0 Å². The highest BCUT2D eigenvalue weighted by Gasteiger charge is 2.43. The highest BCUT2D eigenvalue weighted by Crippen LogP contribution is 2.37. The molecule has 0 aromatic rings. The predicted octanol–water partition coefficient (Wildman–Crippen LogP) is 1.59. The molecule has 0 radical (unpaired) electrons. The molecule has 4 heteroatoms. The maximum atomic E-state index is 11.7. The van der Waals surface area contributed by atoms with Crippen molar-refractivity contribution >= 4 is 6.09 Å². The fraction of sp³-hybridized carbons (Fsp3) is 0.917. The molecular weight excluding hydrogens is 204 g/mol. The largest absolute Gasteiger partial charge is 0.444 e. The van der Waals surface area contributed by atoms with Crippen LogP contribution in [0.1, 0.15) is 33.6 Å². The Balaban J connectivity index is 1.73. The summed E-state index contributed by atoms with van der Waals surface area (Å²) in [5.41, 5.74) is 5.53. The van der Waals surface area contributed by atoms with Crippen LogP contribution in [0.4, 0.5) is 4.79 Å². The van der Waals surface area contributed by atoms with E-state index in [9.17, 15) is 4.79 Å². The van der Waals surface area contributed by atoms with Crippen LogP contribution in [0.5, 0.6) is 0 Å². The van der Waals surface area contributed by atoms with E-state index in [4.69, 9.17) is 10.5 Å². The van der Waals surface area contributed by atoms with Crippen molar-refractivity contribution in [1.29, 1.82) is 0 Å². The number of hydrogen-bond donors (Lipinski definition) is 1. The third-order valence-electron chi connectivity index (χ3n) is 3.55. The van der Waals surface area contributed by atoms with Gasteiger partial charge in [-0.25, -0.2) is 4.79 Å². The number of rotatable bonds is 1. The van der Waals surface area contributed by atoms with Crippen molar-refractivity contribution in [2.75, 3.05) is 13.1 Å². The van der Waals surface area contributed by atoms with Crippen LogP contribution in [0, 0.1) is 11.8 Å². The van der Waals surface area contributed by atoms with Crippen LogP contribution in [0.25, 0.3) is 0 Å². The quantitative estimate of drug-likeness (QED) is 0.738. The SMILES string of the molecule is CC(C)(C)OC(=O)N1CC(C2CCC2N)C1. The van der Waals surface area contributed by atoms with Crippen molar-refractivity contribution in [2.24, 2.45) is 17.6 Å². The van der Waals surface area contributed by atoms with Gasteiger partial charge in [-0.1, -0.05) is 0 Å². The van der Waals surface area contributed by atoms with Crippen LogP contribution in [0.15, 0.2) is 0 Å². The van der Waals surface area contributed by atoms with E-state index in [-0.39, 0.29) is 6.09 Å². The molecule has 2 unspecified atom stereocenters. The van der Waals surface area contributed by atoms with E-state index in [1.165, 1.54) is 6.42 Å². The molecule has 1 amide bonds. The molecule has 0 aromatic heterocycles. The summed E-state index contributed by atoms with van der Waals surface area (Å²) in [5.74, 6) is 1.25. The second-order valence-electron chi connectivity index (χ2n) is 6.05. The van der Waals surface area contributed by atoms with Gasteiger partial charge in [-0.2, -0.15) is 0 Å². The average molecular weight is 226 g/mol. The summed E-state index contributed by atoms with van der Waals surface area (Å²) in [6.45, 7) is 7.33. The van der Waals surface area contributed by atoms with Crippen LogP contribution in [0.3, 0.4) is 0 Å². The van der Waals surface area contributed by atoms with Gasteiger partial charge in [-0.15, -0.1) is 0 Å². The molecule has 2 aliphatic rings. The van der Waals surface area contributed by atoms with Crippen molar-refractivity contribution in [3.8, 4) is 0 Å². The zero-order chi connectivity index (χ0) is 11.9. The van der Waals surface area contributed by atoms with Gasteiger partial charge in [0.25, 0.3) is 0 Å². The second kappa shape index (κ2) is 3.91. The Bertz CT molecular complexity index is 279. The lowest BCUT2D eigenvalue weighted by Crippen LogP contribution is -2.59. The Kier molecular flexibility index (Phi) is 2.86. The smallest absolute Gasteiger partial charge is 0.410 e. The number of nitrogens with zero attached hydrogens (tertiary/aromatic N) is 1. The Morgan fingerprint density at radius 3 is 2.31 bits per heavy atom. The lowest BCUT2D eigenvalue weighted by Gasteiger charge is -2.49. The van der Waals surface area contributed by atoms with E-state index in [2.05, 4.69) is 0 Å². The van der Waals surface area contributed by atoms with E-state index >= 15 is 0 Å². The zero-order valence-corrected chi connectivity index (χ0v) is 10.4. The van der Waals surface area contributed by atoms with Gasteiger partial charge < -0.3 is 15.4 Å². The Morgan fingerprint density at radius 1 is 1.31 bits per heavy atom. The summed E-state index contributed by atoms with van der Waals surface area (Å²) in [5, 5.41) is 0. The fourth-order valence-electron chi connectivity index (χ4n) is 2.40. The van der Waals surface area contributed by atoms with Crippen LogP contribution >= 0.6 is 0 Å². The van der Waals surface area contributed by atoms with Crippen molar-refractivity contribution in [3.05, 3.63) is 0 Å². The summed E-state index contributed by atoms with van der Waals surface area (Å²) in [7, 11) is 0. The van der Waals surface area contributed by atoms with Gasteiger partial charge in [-0.05, 0) is 45.4 Å². The van der Waals surface area contributed by atoms with E-state index in [0.29, 0.717) is 17.9 Å². The van der Waals surface area contributed by atoms with Gasteiger partial charge in [0, 0.05) is 19.1 Å². The van der Waals surface area contributed by atoms with Gasteiger partial charge in [-0.3, -0.25) is 0 Å². The van der Waals surface area contributed by atoms with E-state index < -0.39 is 5.60 Å². The monoisotopic (exact) mass is 226 g/mol. The molecule has 92 valence electrons. The maximum Gasteiger partial charge on any atom is 0.410 e. The number of amides is 1. The van der Waals surface area contributed by atoms with Gasteiger partial charge in [0.15, 0.2) is 0 Å². The van der Waals surface area contributed by atoms with E-state index in [1.807, 2.05) is 20.8 Å². The van der Waals surface area contributed by atoms with Crippen molar-refractivity contribution in [1.82, 2.24) is 4.90 Å². The minimum atomic E-state index is -0.394. The number of carbonyl (C=O) groups is 1. The Morgan fingerprint density at radius 2 is 1.94 bits per heavy atom. The van der Waals surface area contributed by atoms with Gasteiger partial charge >= 0.3 is 6.09 Å². The molecule has 1 saturated carbocycles. The number of nitrogens with two attached hydrogens (primary N) is 1. The molecule has 1 saturated heterocycles. The lowest BCUT2D eigenvalue weighted by molar-refractivity contribution is -0.0237. The first-order valence-electron chi connectivity index (χ1n) is 6.10. The number of carbonyl (C=O) groups excluding carboxylic acids is 1. The van der Waals surface area contributed by atoms with Crippen LogP contribution in [-0.2, 0) is 4.74 Å². The maximum absolute atomic E-state index is 11.7. The van der Waals surface area contributed by atoms with E-state index in [1.54, 1.807) is 4.90 Å². The molecule has 16 heavy (non-hydrogen) atoms. The number of hydrogen-bond acceptors (Lipinski definition) is 3. The summed E-state index contributed by atoms with van der Waals surface area (Å²) in [4.78, 5) is 13.4. The third kappa shape index (κ3) is 2.32. The molecule has 1 aliphatic heterocycles. The zero-order valence-electron chi connectivity index (χ0n) is 10.4. The topological polar surface area (TPSA) is 55.6 Å². The highest BCUT2D eigenvalue weighted by molar-refractivity contribution is 5.69. The summed E-state index contributed by atoms with van der Waals surface area (Å²) >= 11 is 0. The van der Waals surface area contributed by atoms with Crippen molar-refractivity contribution in [3.63, 3.8) is 0 Å². The summed E-state index contributed by atoms with van der Waals surface area (Å²) < 4.78 is 5.30. The van der Waals surface area contributed by atoms with Crippen LogP contribution in [0.2, 0.25) is 0 Å². The molecule has 0 bridgehead atoms. The molecule has 2 N–H and O–H groups in total. The normalized spacial score (nSPS) is 30.6. The highest BCUT2D eigenvalue weighted by atomic mass is 16.6. The Hall–Kier alpha value is -0.770. The number of likely N-dealkylation sites (tertiary alicyclic amines) is 1. The van der Waals surface area contributed by atoms with Crippen molar-refractivity contribution < 1.29 is 9.53 Å². The number of ether oxygens (including phenoxy) is 1. The summed E-state index contributed by atoms with van der Waals surface area (Å²) in [6, 6.07) is 0.366. The first-order chi connectivity index (χ1) is 7.37. The van der Waals surface area contributed by atoms with Crippen LogP contribution < -0.4 is 5.73 Å². The molecule has 0 aromatic carbocycles. The molecule has 1 heterocycles. The average Bonchev–Trinajstić information content (AvgIpc) is 2.04. The minimum absolute atomic E-state index is 0.184. The molecular formula is C12H22N2O2. The predicted molar refractivity (Wildman–Crippen MR) is 62.0 cm³/mol. The lowest BCUT2D eigenvalue weighted by atomic mass is 9.69. The molecule has 4 nitrogen and oxygen atoms in total. The van der Waals surface area contributed by atoms with E-state index in [0.717, 1.165) is 19.5 Å². The van der Waals surface area contributed by atoms with Gasteiger partial charge in [0.1, 0.15) is 5.60 Å². The second-order valence-corrected chi connectivity index (χ2v) is 6.05.